The number of rotatable bonds is 5. The van der Waals surface area contributed by atoms with Gasteiger partial charge in [0.25, 0.3) is 0 Å². The van der Waals surface area contributed by atoms with Gasteiger partial charge in [0.05, 0.1) is 17.6 Å². The largest absolute Gasteiger partial charge is 0.372 e. The molecule has 1 rings (SSSR count). The van der Waals surface area contributed by atoms with Crippen molar-refractivity contribution in [1.29, 1.82) is 0 Å². The number of hydrogen-bond donors (Lipinski definition) is 0. The zero-order valence-corrected chi connectivity index (χ0v) is 14.9. The lowest BCUT2D eigenvalue weighted by Gasteiger charge is -2.36. The molecular formula is C15H19Br2ClO. The van der Waals surface area contributed by atoms with Crippen LogP contribution in [0, 0.1) is 12.3 Å². The molecule has 0 bridgehead atoms. The lowest BCUT2D eigenvalue weighted by atomic mass is 9.99. The van der Waals surface area contributed by atoms with Crippen LogP contribution in [-0.4, -0.2) is 22.4 Å². The Hall–Kier alpha value is 0.250. The monoisotopic (exact) mass is 408 g/mol. The number of hydrogen-bond acceptors (Lipinski definition) is 1. The molecule has 1 saturated heterocycles. The first kappa shape index (κ1) is 17.3. The van der Waals surface area contributed by atoms with Gasteiger partial charge in [0, 0.05) is 4.83 Å². The molecule has 0 amide bonds. The Bertz CT molecular complexity index is 373. The molecule has 0 aromatic carbocycles. The lowest BCUT2D eigenvalue weighted by molar-refractivity contribution is -0.0370. The van der Waals surface area contributed by atoms with Crippen LogP contribution < -0.4 is 0 Å². The molecule has 0 radical (unpaired) electrons. The van der Waals surface area contributed by atoms with Crippen LogP contribution in [0.2, 0.25) is 0 Å². The van der Waals surface area contributed by atoms with E-state index >= 15 is 0 Å². The second-order valence-corrected chi connectivity index (χ2v) is 7.28. The van der Waals surface area contributed by atoms with Crippen molar-refractivity contribution in [3.8, 4) is 12.3 Å². The topological polar surface area (TPSA) is 9.23 Å². The fourth-order valence-corrected chi connectivity index (χ4v) is 3.48. The molecule has 0 spiro atoms. The highest BCUT2D eigenvalue weighted by molar-refractivity contribution is 9.11. The van der Waals surface area contributed by atoms with Crippen molar-refractivity contribution in [3.05, 3.63) is 22.7 Å². The molecule has 106 valence electrons. The summed E-state index contributed by atoms with van der Waals surface area (Å²) < 4.78 is 7.30. The molecule has 4 atom stereocenters. The van der Waals surface area contributed by atoms with Crippen LogP contribution in [0.15, 0.2) is 22.7 Å². The van der Waals surface area contributed by atoms with Crippen molar-refractivity contribution in [1.82, 2.24) is 0 Å². The molecular weight excluding hydrogens is 391 g/mol. The van der Waals surface area contributed by atoms with Crippen molar-refractivity contribution >= 4 is 43.5 Å². The molecule has 0 aromatic rings. The molecule has 0 N–H and O–H groups in total. The summed E-state index contributed by atoms with van der Waals surface area (Å²) in [6.07, 6.45) is 14.8. The third-order valence-corrected chi connectivity index (χ3v) is 5.41. The molecule has 1 fully saturated rings. The standard InChI is InChI=1S/C15H19Br2ClO/c1-3-5-6-7-15-13(18)10-12(17)14(19-15)9-8-11(16)4-2/h1,5-6,8,12-15H,4,7,9-10H2,2H3. The van der Waals surface area contributed by atoms with Crippen molar-refractivity contribution in [2.45, 2.75) is 55.0 Å². The van der Waals surface area contributed by atoms with E-state index in [4.69, 9.17) is 22.8 Å². The maximum absolute atomic E-state index is 6.35. The Kier molecular flexibility index (Phi) is 8.41. The van der Waals surface area contributed by atoms with E-state index in [9.17, 15) is 0 Å². The lowest BCUT2D eigenvalue weighted by Crippen LogP contribution is -2.42. The van der Waals surface area contributed by atoms with Crippen LogP contribution in [0.3, 0.4) is 0 Å². The third-order valence-electron chi connectivity index (χ3n) is 3.10. The predicted molar refractivity (Wildman–Crippen MR) is 90.1 cm³/mol. The normalized spacial score (nSPS) is 32.5. The summed E-state index contributed by atoms with van der Waals surface area (Å²) in [4.78, 5) is 0.302. The van der Waals surface area contributed by atoms with Crippen molar-refractivity contribution < 1.29 is 4.74 Å². The highest BCUT2D eigenvalue weighted by atomic mass is 79.9. The second-order valence-electron chi connectivity index (χ2n) is 4.53. The molecule has 0 aromatic heterocycles. The summed E-state index contributed by atoms with van der Waals surface area (Å²) >= 11 is 13.6. The first-order chi connectivity index (χ1) is 9.08. The van der Waals surface area contributed by atoms with Gasteiger partial charge in [-0.15, -0.1) is 18.0 Å². The van der Waals surface area contributed by atoms with E-state index in [0.717, 1.165) is 25.7 Å². The van der Waals surface area contributed by atoms with Gasteiger partial charge in [-0.3, -0.25) is 0 Å². The van der Waals surface area contributed by atoms with Crippen LogP contribution in [0.25, 0.3) is 0 Å². The molecule has 1 nitrogen and oxygen atoms in total. The first-order valence-corrected chi connectivity index (χ1v) is 8.62. The summed E-state index contributed by atoms with van der Waals surface area (Å²) in [6.45, 7) is 2.12. The van der Waals surface area contributed by atoms with Gasteiger partial charge in [-0.1, -0.05) is 56.9 Å². The Labute approximate surface area is 138 Å². The Morgan fingerprint density at radius 2 is 2.21 bits per heavy atom. The minimum Gasteiger partial charge on any atom is -0.372 e. The fraction of sp³-hybridized carbons (Fsp3) is 0.600. The van der Waals surface area contributed by atoms with E-state index < -0.39 is 0 Å². The molecule has 4 unspecified atom stereocenters. The number of halogens is 3. The zero-order chi connectivity index (χ0) is 14.3. The van der Waals surface area contributed by atoms with Gasteiger partial charge in [0.15, 0.2) is 0 Å². The Morgan fingerprint density at radius 1 is 1.47 bits per heavy atom. The zero-order valence-electron chi connectivity index (χ0n) is 11.0. The smallest absolute Gasteiger partial charge is 0.0778 e. The average molecular weight is 411 g/mol. The summed E-state index contributed by atoms with van der Waals surface area (Å²) in [6, 6.07) is 0. The van der Waals surface area contributed by atoms with E-state index in [0.29, 0.717) is 4.83 Å². The van der Waals surface area contributed by atoms with Gasteiger partial charge in [-0.05, 0) is 36.2 Å². The fourth-order valence-electron chi connectivity index (χ4n) is 1.98. The van der Waals surface area contributed by atoms with Crippen molar-refractivity contribution in [2.75, 3.05) is 0 Å². The first-order valence-electron chi connectivity index (χ1n) is 6.47. The summed E-state index contributed by atoms with van der Waals surface area (Å²) in [5, 5.41) is 0.0293. The third kappa shape index (κ3) is 6.04. The highest BCUT2D eigenvalue weighted by Gasteiger charge is 2.34. The maximum atomic E-state index is 6.35. The van der Waals surface area contributed by atoms with Gasteiger partial charge < -0.3 is 4.74 Å². The Balaban J connectivity index is 2.57. The molecule has 19 heavy (non-hydrogen) atoms. The van der Waals surface area contributed by atoms with Gasteiger partial charge in [0.1, 0.15) is 0 Å². The van der Waals surface area contributed by atoms with Gasteiger partial charge in [0.2, 0.25) is 0 Å². The molecule has 1 aliphatic rings. The number of alkyl halides is 2. The van der Waals surface area contributed by atoms with Crippen LogP contribution in [0.5, 0.6) is 0 Å². The van der Waals surface area contributed by atoms with Crippen LogP contribution in [0.1, 0.15) is 32.6 Å². The minimum absolute atomic E-state index is 0.0293. The Morgan fingerprint density at radius 3 is 2.84 bits per heavy atom. The summed E-state index contributed by atoms with van der Waals surface area (Å²) in [5.74, 6) is 2.49. The number of terminal acetylenes is 1. The maximum Gasteiger partial charge on any atom is 0.0778 e. The summed E-state index contributed by atoms with van der Waals surface area (Å²) in [7, 11) is 0. The minimum atomic E-state index is 0.0293. The van der Waals surface area contributed by atoms with E-state index in [1.807, 2.05) is 6.08 Å². The summed E-state index contributed by atoms with van der Waals surface area (Å²) in [5.41, 5.74) is 0. The molecule has 4 heteroatoms. The van der Waals surface area contributed by atoms with E-state index in [2.05, 4.69) is 50.8 Å². The average Bonchev–Trinajstić information content (AvgIpc) is 2.39. The molecule has 1 heterocycles. The van der Waals surface area contributed by atoms with Crippen molar-refractivity contribution in [2.24, 2.45) is 0 Å². The van der Waals surface area contributed by atoms with E-state index in [1.165, 1.54) is 4.48 Å². The van der Waals surface area contributed by atoms with Crippen LogP contribution in [-0.2, 0) is 4.74 Å². The number of allylic oxidation sites excluding steroid dienone is 2. The highest BCUT2D eigenvalue weighted by Crippen LogP contribution is 2.33. The quantitative estimate of drug-likeness (QED) is 0.449. The molecule has 0 aliphatic carbocycles. The van der Waals surface area contributed by atoms with Crippen molar-refractivity contribution in [3.63, 3.8) is 0 Å². The molecule has 0 saturated carbocycles. The van der Waals surface area contributed by atoms with Crippen LogP contribution in [0.4, 0.5) is 0 Å². The SMILES string of the molecule is C#CC=CCC1OC(CC=C(Br)CC)C(Br)CC1Cl. The predicted octanol–water partition coefficient (Wildman–Crippen LogP) is 5.17. The van der Waals surface area contributed by atoms with E-state index in [-0.39, 0.29) is 17.6 Å². The van der Waals surface area contributed by atoms with Gasteiger partial charge in [-0.2, -0.15) is 0 Å². The number of ether oxygens (including phenoxy) is 1. The van der Waals surface area contributed by atoms with Gasteiger partial charge in [-0.25, -0.2) is 0 Å². The van der Waals surface area contributed by atoms with Crippen LogP contribution >= 0.6 is 43.5 Å². The van der Waals surface area contributed by atoms with Gasteiger partial charge >= 0.3 is 0 Å². The molecule has 1 aliphatic heterocycles. The second kappa shape index (κ2) is 9.23. The van der Waals surface area contributed by atoms with E-state index in [1.54, 1.807) is 6.08 Å².